The van der Waals surface area contributed by atoms with Crippen molar-refractivity contribution in [2.24, 2.45) is 0 Å². The van der Waals surface area contributed by atoms with Crippen LogP contribution in [0.25, 0.3) is 0 Å². The molecule has 0 radical (unpaired) electrons. The molecule has 2 rings (SSSR count). The molecule has 0 N–H and O–H groups in total. The van der Waals surface area contributed by atoms with Crippen LogP contribution in [0.4, 0.5) is 0 Å². The highest BCUT2D eigenvalue weighted by atomic mass is 32.1. The Morgan fingerprint density at radius 2 is 2.04 bits per heavy atom. The molecule has 0 aliphatic heterocycles. The number of benzene rings is 1. The van der Waals surface area contributed by atoms with Gasteiger partial charge in [0.05, 0.1) is 25.2 Å². The molecule has 0 spiro atoms. The number of thiophene rings is 1. The maximum absolute atomic E-state index is 11.7. The SMILES string of the molecule is CCOC(=O)/C=C/[C@@H](OCc1ccccc1)[C@H](C[N+](=O)[O-])c1cccs1. The quantitative estimate of drug-likeness (QED) is 0.273. The smallest absolute Gasteiger partial charge is 0.330 e. The summed E-state index contributed by atoms with van der Waals surface area (Å²) in [4.78, 5) is 23.3. The number of nitro groups is 1. The van der Waals surface area contributed by atoms with Gasteiger partial charge in [0.15, 0.2) is 0 Å². The standard InChI is InChI=1S/C19H21NO5S/c1-2-24-19(21)11-10-17(25-14-15-7-4-3-5-8-15)16(13-20(22)23)18-9-6-12-26-18/h3-12,16-17H,2,13-14H2,1H3/b11-10+/t16-,17+/m0/s1. The number of nitrogens with zero attached hydrogens (tertiary/aromatic N) is 1. The van der Waals surface area contributed by atoms with Gasteiger partial charge in [-0.05, 0) is 30.0 Å². The highest BCUT2D eigenvalue weighted by Crippen LogP contribution is 2.28. The summed E-state index contributed by atoms with van der Waals surface area (Å²) in [5, 5.41) is 13.0. The molecule has 0 saturated heterocycles. The first-order chi connectivity index (χ1) is 12.6. The van der Waals surface area contributed by atoms with Gasteiger partial charge >= 0.3 is 5.97 Å². The van der Waals surface area contributed by atoms with Crippen molar-refractivity contribution in [3.8, 4) is 0 Å². The zero-order valence-electron chi connectivity index (χ0n) is 14.4. The van der Waals surface area contributed by atoms with Crippen LogP contribution in [0.3, 0.4) is 0 Å². The third kappa shape index (κ3) is 6.42. The summed E-state index contributed by atoms with van der Waals surface area (Å²) in [6, 6.07) is 13.2. The summed E-state index contributed by atoms with van der Waals surface area (Å²) in [6.07, 6.45) is 2.21. The molecule has 0 unspecified atom stereocenters. The summed E-state index contributed by atoms with van der Waals surface area (Å²) < 4.78 is 10.8. The largest absolute Gasteiger partial charge is 0.463 e. The first-order valence-electron chi connectivity index (χ1n) is 8.25. The van der Waals surface area contributed by atoms with E-state index >= 15 is 0 Å². The average molecular weight is 375 g/mol. The molecule has 7 heteroatoms. The van der Waals surface area contributed by atoms with Crippen LogP contribution in [0.2, 0.25) is 0 Å². The second kappa shape index (κ2) is 10.5. The van der Waals surface area contributed by atoms with Crippen LogP contribution in [0.5, 0.6) is 0 Å². The monoisotopic (exact) mass is 375 g/mol. The number of carbonyl (C=O) groups excluding carboxylic acids is 1. The number of hydrogen-bond donors (Lipinski definition) is 0. The highest BCUT2D eigenvalue weighted by molar-refractivity contribution is 7.10. The number of carbonyl (C=O) groups is 1. The maximum atomic E-state index is 11.7. The molecule has 0 fully saturated rings. The fourth-order valence-electron chi connectivity index (χ4n) is 2.45. The molecule has 0 bridgehead atoms. The van der Waals surface area contributed by atoms with Gasteiger partial charge in [-0.2, -0.15) is 0 Å². The zero-order chi connectivity index (χ0) is 18.8. The van der Waals surface area contributed by atoms with Crippen LogP contribution < -0.4 is 0 Å². The second-order valence-corrected chi connectivity index (χ2v) is 6.49. The van der Waals surface area contributed by atoms with E-state index in [1.54, 1.807) is 13.0 Å². The average Bonchev–Trinajstić information content (AvgIpc) is 3.15. The lowest BCUT2D eigenvalue weighted by molar-refractivity contribution is -0.485. The Balaban J connectivity index is 2.20. The summed E-state index contributed by atoms with van der Waals surface area (Å²) in [6.45, 7) is 1.99. The Morgan fingerprint density at radius 3 is 2.65 bits per heavy atom. The Hall–Kier alpha value is -2.51. The minimum atomic E-state index is -0.622. The van der Waals surface area contributed by atoms with E-state index in [1.807, 2.05) is 47.8 Å². The summed E-state index contributed by atoms with van der Waals surface area (Å²) in [5.74, 6) is -0.980. The van der Waals surface area contributed by atoms with Crippen LogP contribution >= 0.6 is 11.3 Å². The van der Waals surface area contributed by atoms with Crippen molar-refractivity contribution >= 4 is 17.3 Å². The van der Waals surface area contributed by atoms with Crippen molar-refractivity contribution in [3.05, 3.63) is 80.6 Å². The van der Waals surface area contributed by atoms with Crippen LogP contribution in [0, 0.1) is 10.1 Å². The predicted octanol–water partition coefficient (Wildman–Crippen LogP) is 3.81. The molecule has 0 aliphatic rings. The van der Waals surface area contributed by atoms with Crippen LogP contribution in [0.1, 0.15) is 23.3 Å². The fourth-order valence-corrected chi connectivity index (χ4v) is 3.31. The van der Waals surface area contributed by atoms with Crippen molar-refractivity contribution in [3.63, 3.8) is 0 Å². The Labute approximate surface area is 156 Å². The van der Waals surface area contributed by atoms with Gasteiger partial charge < -0.3 is 9.47 Å². The van der Waals surface area contributed by atoms with Crippen molar-refractivity contribution in [1.29, 1.82) is 0 Å². The topological polar surface area (TPSA) is 78.7 Å². The van der Waals surface area contributed by atoms with E-state index in [1.165, 1.54) is 17.4 Å². The van der Waals surface area contributed by atoms with E-state index in [4.69, 9.17) is 9.47 Å². The molecule has 138 valence electrons. The minimum absolute atomic E-state index is 0.266. The summed E-state index contributed by atoms with van der Waals surface area (Å²) >= 11 is 1.43. The maximum Gasteiger partial charge on any atom is 0.330 e. The summed E-state index contributed by atoms with van der Waals surface area (Å²) in [5.41, 5.74) is 0.952. The molecule has 6 nitrogen and oxygen atoms in total. The van der Waals surface area contributed by atoms with E-state index in [9.17, 15) is 14.9 Å². The highest BCUT2D eigenvalue weighted by Gasteiger charge is 2.28. The molecule has 26 heavy (non-hydrogen) atoms. The molecule has 2 aromatic rings. The molecule has 0 aliphatic carbocycles. The van der Waals surface area contributed by atoms with Gasteiger partial charge in [0.1, 0.15) is 0 Å². The molecular weight excluding hydrogens is 354 g/mol. The van der Waals surface area contributed by atoms with Crippen molar-refractivity contribution in [1.82, 2.24) is 0 Å². The Bertz CT molecular complexity index is 715. The lowest BCUT2D eigenvalue weighted by Gasteiger charge is -2.21. The van der Waals surface area contributed by atoms with Gasteiger partial charge in [0.25, 0.3) is 0 Å². The minimum Gasteiger partial charge on any atom is -0.463 e. The van der Waals surface area contributed by atoms with Crippen molar-refractivity contribution in [2.75, 3.05) is 13.2 Å². The molecule has 0 saturated carbocycles. The van der Waals surface area contributed by atoms with Crippen LogP contribution in [-0.4, -0.2) is 30.1 Å². The zero-order valence-corrected chi connectivity index (χ0v) is 15.3. The summed E-state index contributed by atoms with van der Waals surface area (Å²) in [7, 11) is 0. The van der Waals surface area contributed by atoms with Crippen molar-refractivity contribution < 1.29 is 19.2 Å². The molecular formula is C19H21NO5S. The molecule has 1 aromatic carbocycles. The fraction of sp³-hybridized carbons (Fsp3) is 0.316. The molecule has 0 amide bonds. The van der Waals surface area contributed by atoms with Gasteiger partial charge in [-0.3, -0.25) is 10.1 Å². The first-order valence-corrected chi connectivity index (χ1v) is 9.13. The Kier molecular flexibility index (Phi) is 7.98. The van der Waals surface area contributed by atoms with Gasteiger partial charge in [0, 0.05) is 15.9 Å². The second-order valence-electron chi connectivity index (χ2n) is 5.51. The van der Waals surface area contributed by atoms with E-state index in [0.29, 0.717) is 0 Å². The lowest BCUT2D eigenvalue weighted by Crippen LogP contribution is -2.26. The Morgan fingerprint density at radius 1 is 1.27 bits per heavy atom. The molecule has 2 atom stereocenters. The number of hydrogen-bond acceptors (Lipinski definition) is 6. The van der Waals surface area contributed by atoms with Crippen LogP contribution in [-0.2, 0) is 20.9 Å². The van der Waals surface area contributed by atoms with E-state index in [0.717, 1.165) is 10.4 Å². The third-order valence-corrected chi connectivity index (χ3v) is 4.65. The van der Waals surface area contributed by atoms with E-state index < -0.39 is 18.0 Å². The van der Waals surface area contributed by atoms with Crippen molar-refractivity contribution in [2.45, 2.75) is 25.6 Å². The molecule has 1 heterocycles. The first kappa shape index (κ1) is 19.8. The van der Waals surface area contributed by atoms with E-state index in [-0.39, 0.29) is 24.7 Å². The number of esters is 1. The molecule has 1 aromatic heterocycles. The van der Waals surface area contributed by atoms with Gasteiger partial charge in [-0.25, -0.2) is 4.79 Å². The van der Waals surface area contributed by atoms with Gasteiger partial charge in [0.2, 0.25) is 6.54 Å². The number of ether oxygens (including phenoxy) is 2. The van der Waals surface area contributed by atoms with E-state index in [2.05, 4.69) is 0 Å². The third-order valence-electron chi connectivity index (χ3n) is 3.64. The van der Waals surface area contributed by atoms with Crippen LogP contribution in [0.15, 0.2) is 60.0 Å². The normalized spacial score (nSPS) is 13.4. The lowest BCUT2D eigenvalue weighted by atomic mass is 9.99. The van der Waals surface area contributed by atoms with Gasteiger partial charge in [-0.1, -0.05) is 36.4 Å². The number of rotatable bonds is 10. The van der Waals surface area contributed by atoms with Gasteiger partial charge in [-0.15, -0.1) is 11.3 Å². The predicted molar refractivity (Wildman–Crippen MR) is 99.7 cm³/mol.